The predicted octanol–water partition coefficient (Wildman–Crippen LogP) is 3.76. The lowest BCUT2D eigenvalue weighted by molar-refractivity contribution is 0.0699. The maximum atomic E-state index is 14.0. The molecule has 0 aliphatic carbocycles. The number of carbonyl (C=O) groups excluding carboxylic acids is 1. The maximum Gasteiger partial charge on any atom is 0.265 e. The number of halogens is 2. The Morgan fingerprint density at radius 2 is 1.96 bits per heavy atom. The fraction of sp³-hybridized carbons (Fsp3) is 0.312. The first-order valence-corrected chi connectivity index (χ1v) is 8.84. The fourth-order valence-electron chi connectivity index (χ4n) is 3.12. The molecule has 24 heavy (non-hydrogen) atoms. The van der Waals surface area contributed by atoms with Gasteiger partial charge in [0.1, 0.15) is 23.3 Å². The summed E-state index contributed by atoms with van der Waals surface area (Å²) in [4.78, 5) is 15.0. The molecule has 1 aliphatic rings. The second-order valence-corrected chi connectivity index (χ2v) is 7.22. The van der Waals surface area contributed by atoms with Crippen LogP contribution in [0.2, 0.25) is 5.02 Å². The molecule has 1 fully saturated rings. The summed E-state index contributed by atoms with van der Waals surface area (Å²) >= 11 is 7.54. The smallest absolute Gasteiger partial charge is 0.265 e. The fourth-order valence-corrected chi connectivity index (χ4v) is 4.64. The van der Waals surface area contributed by atoms with Crippen molar-refractivity contribution >= 4 is 38.9 Å². The molecule has 0 atom stereocenters. The summed E-state index contributed by atoms with van der Waals surface area (Å²) in [5, 5.41) is 8.21. The topological polar surface area (TPSA) is 51.0 Å². The van der Waals surface area contributed by atoms with E-state index in [4.69, 9.17) is 11.6 Å². The van der Waals surface area contributed by atoms with Gasteiger partial charge in [0.15, 0.2) is 0 Å². The molecule has 0 N–H and O–H groups in total. The van der Waals surface area contributed by atoms with Gasteiger partial charge in [-0.2, -0.15) is 0 Å². The maximum absolute atomic E-state index is 14.0. The van der Waals surface area contributed by atoms with E-state index in [1.165, 1.54) is 17.4 Å². The van der Waals surface area contributed by atoms with E-state index < -0.39 is 0 Å². The van der Waals surface area contributed by atoms with Crippen molar-refractivity contribution in [2.75, 3.05) is 13.1 Å². The van der Waals surface area contributed by atoms with Crippen molar-refractivity contribution in [2.24, 2.45) is 0 Å². The van der Waals surface area contributed by atoms with E-state index in [1.807, 2.05) is 4.57 Å². The predicted molar refractivity (Wildman–Crippen MR) is 91.0 cm³/mol. The van der Waals surface area contributed by atoms with E-state index in [1.54, 1.807) is 29.7 Å². The first-order chi connectivity index (χ1) is 11.6. The molecular formula is C16H14ClFN4OS. The lowest BCUT2D eigenvalue weighted by Gasteiger charge is -2.32. The van der Waals surface area contributed by atoms with Gasteiger partial charge in [-0.25, -0.2) is 4.39 Å². The summed E-state index contributed by atoms with van der Waals surface area (Å²) in [6.07, 6.45) is 5.07. The average Bonchev–Trinajstić information content (AvgIpc) is 3.23. The Labute approximate surface area is 146 Å². The monoisotopic (exact) mass is 364 g/mol. The van der Waals surface area contributed by atoms with Crippen LogP contribution in [0.4, 0.5) is 4.39 Å². The van der Waals surface area contributed by atoms with Gasteiger partial charge in [-0.1, -0.05) is 17.7 Å². The van der Waals surface area contributed by atoms with Crippen LogP contribution in [0.5, 0.6) is 0 Å². The number of nitrogens with zero attached hydrogens (tertiary/aromatic N) is 4. The number of benzene rings is 1. The van der Waals surface area contributed by atoms with Crippen LogP contribution in [0.15, 0.2) is 30.9 Å². The molecule has 3 heterocycles. The molecule has 2 aromatic heterocycles. The van der Waals surface area contributed by atoms with E-state index in [0.717, 1.165) is 12.8 Å². The highest BCUT2D eigenvalue weighted by Gasteiger charge is 2.28. The van der Waals surface area contributed by atoms with Gasteiger partial charge in [0.05, 0.1) is 5.02 Å². The summed E-state index contributed by atoms with van der Waals surface area (Å²) in [7, 11) is 0. The van der Waals surface area contributed by atoms with Crippen LogP contribution in [0.3, 0.4) is 0 Å². The molecule has 1 saturated heterocycles. The number of aromatic nitrogens is 3. The molecule has 0 bridgehead atoms. The molecule has 124 valence electrons. The molecular weight excluding hydrogens is 351 g/mol. The molecule has 1 aromatic carbocycles. The molecule has 5 nitrogen and oxygen atoms in total. The minimum atomic E-state index is -0.390. The summed E-state index contributed by atoms with van der Waals surface area (Å²) in [5.41, 5.74) is 0. The van der Waals surface area contributed by atoms with Crippen molar-refractivity contribution in [3.63, 3.8) is 0 Å². The normalized spacial score (nSPS) is 16.0. The summed E-state index contributed by atoms with van der Waals surface area (Å²) in [6, 6.07) is 5.08. The van der Waals surface area contributed by atoms with Gasteiger partial charge >= 0.3 is 0 Å². The van der Waals surface area contributed by atoms with E-state index in [-0.39, 0.29) is 16.7 Å². The number of carbonyl (C=O) groups is 1. The number of hydrogen-bond donors (Lipinski definition) is 0. The largest absolute Gasteiger partial charge is 0.338 e. The Morgan fingerprint density at radius 3 is 2.62 bits per heavy atom. The summed E-state index contributed by atoms with van der Waals surface area (Å²) in [6.45, 7) is 1.27. The number of hydrogen-bond acceptors (Lipinski definition) is 4. The van der Waals surface area contributed by atoms with Gasteiger partial charge < -0.3 is 9.47 Å². The van der Waals surface area contributed by atoms with E-state index in [0.29, 0.717) is 34.1 Å². The highest BCUT2D eigenvalue weighted by atomic mass is 35.5. The Kier molecular flexibility index (Phi) is 3.97. The molecule has 1 aliphatic heterocycles. The minimum Gasteiger partial charge on any atom is -0.338 e. The quantitative estimate of drug-likeness (QED) is 0.695. The molecule has 0 radical (unpaired) electrons. The van der Waals surface area contributed by atoms with Gasteiger partial charge in [0.2, 0.25) is 0 Å². The Morgan fingerprint density at radius 1 is 1.25 bits per heavy atom. The highest BCUT2D eigenvalue weighted by molar-refractivity contribution is 7.21. The minimum absolute atomic E-state index is 0.122. The molecule has 8 heteroatoms. The highest BCUT2D eigenvalue weighted by Crippen LogP contribution is 2.38. The first-order valence-electron chi connectivity index (χ1n) is 7.65. The van der Waals surface area contributed by atoms with E-state index in [2.05, 4.69) is 10.2 Å². The third-order valence-corrected chi connectivity index (χ3v) is 6.04. The van der Waals surface area contributed by atoms with Crippen LogP contribution in [-0.2, 0) is 0 Å². The van der Waals surface area contributed by atoms with Crippen LogP contribution in [0, 0.1) is 5.82 Å². The Hall–Kier alpha value is -1.99. The van der Waals surface area contributed by atoms with Gasteiger partial charge in [-0.3, -0.25) is 4.79 Å². The van der Waals surface area contributed by atoms with Crippen LogP contribution < -0.4 is 0 Å². The number of rotatable bonds is 2. The molecule has 3 aromatic rings. The second kappa shape index (κ2) is 6.14. The molecule has 1 amide bonds. The molecule has 0 saturated carbocycles. The van der Waals surface area contributed by atoms with Crippen molar-refractivity contribution in [3.05, 3.63) is 46.6 Å². The van der Waals surface area contributed by atoms with E-state index >= 15 is 0 Å². The number of fused-ring (bicyclic) bond motifs is 1. The standard InChI is InChI=1S/C16H14ClFN4OS/c17-14-13-11(18)2-1-3-12(13)24-15(14)16(23)21-6-4-10(5-7-21)22-8-19-20-9-22/h1-3,8-10H,4-7H2. The van der Waals surface area contributed by atoms with Crippen molar-refractivity contribution < 1.29 is 9.18 Å². The zero-order chi connectivity index (χ0) is 16.7. The Bertz CT molecular complexity index is 887. The van der Waals surface area contributed by atoms with Crippen molar-refractivity contribution in [2.45, 2.75) is 18.9 Å². The molecule has 4 rings (SSSR count). The Balaban J connectivity index is 1.55. The zero-order valence-corrected chi connectivity index (χ0v) is 14.2. The molecule has 0 spiro atoms. The lowest BCUT2D eigenvalue weighted by atomic mass is 10.0. The van der Waals surface area contributed by atoms with E-state index in [9.17, 15) is 9.18 Å². The van der Waals surface area contributed by atoms with Crippen LogP contribution in [-0.4, -0.2) is 38.7 Å². The van der Waals surface area contributed by atoms with Gasteiger partial charge in [-0.15, -0.1) is 21.5 Å². The SMILES string of the molecule is O=C(c1sc2cccc(F)c2c1Cl)N1CCC(n2cnnc2)CC1. The van der Waals surface area contributed by atoms with Gasteiger partial charge in [0, 0.05) is 29.2 Å². The summed E-state index contributed by atoms with van der Waals surface area (Å²) in [5.74, 6) is -0.512. The summed E-state index contributed by atoms with van der Waals surface area (Å²) < 4.78 is 16.6. The first kappa shape index (κ1) is 15.5. The molecule has 0 unspecified atom stereocenters. The van der Waals surface area contributed by atoms with Crippen molar-refractivity contribution in [1.29, 1.82) is 0 Å². The lowest BCUT2D eigenvalue weighted by Crippen LogP contribution is -2.38. The average molecular weight is 365 g/mol. The van der Waals surface area contributed by atoms with Gasteiger partial charge in [-0.05, 0) is 25.0 Å². The van der Waals surface area contributed by atoms with Crippen molar-refractivity contribution in [3.8, 4) is 0 Å². The number of amides is 1. The van der Waals surface area contributed by atoms with Crippen LogP contribution >= 0.6 is 22.9 Å². The number of thiophene rings is 1. The number of likely N-dealkylation sites (tertiary alicyclic amines) is 1. The third kappa shape index (κ3) is 2.57. The van der Waals surface area contributed by atoms with Gasteiger partial charge in [0.25, 0.3) is 5.91 Å². The van der Waals surface area contributed by atoms with Crippen LogP contribution in [0.1, 0.15) is 28.6 Å². The zero-order valence-electron chi connectivity index (χ0n) is 12.7. The second-order valence-electron chi connectivity index (χ2n) is 5.79. The third-order valence-electron chi connectivity index (χ3n) is 4.41. The van der Waals surface area contributed by atoms with Crippen molar-refractivity contribution in [1.82, 2.24) is 19.7 Å². The van der Waals surface area contributed by atoms with Crippen LogP contribution in [0.25, 0.3) is 10.1 Å². The number of piperidine rings is 1.